The Morgan fingerprint density at radius 3 is 2.70 bits per heavy atom. The number of ether oxygens (including phenoxy) is 1. The zero-order valence-electron chi connectivity index (χ0n) is 11.9. The first-order valence-electron chi connectivity index (χ1n) is 7.08. The summed E-state index contributed by atoms with van der Waals surface area (Å²) in [6.45, 7) is 0. The number of Topliss-reactive ketones (excluding diaryl/α,β-unsaturated/α-hetero) is 1. The van der Waals surface area contributed by atoms with Crippen molar-refractivity contribution in [2.24, 2.45) is 0 Å². The minimum Gasteiger partial charge on any atom is -0.507 e. The minimum atomic E-state index is -0.130. The smallest absolute Gasteiger partial charge is 0.231 e. The van der Waals surface area contributed by atoms with Crippen molar-refractivity contribution < 1.29 is 14.6 Å². The van der Waals surface area contributed by atoms with E-state index >= 15 is 0 Å². The number of carbonyl (C=O) groups excluding carboxylic acids is 1. The summed E-state index contributed by atoms with van der Waals surface area (Å²) >= 11 is 3.27. The predicted octanol–water partition coefficient (Wildman–Crippen LogP) is 4.92. The fourth-order valence-corrected chi connectivity index (χ4v) is 3.08. The Morgan fingerprint density at radius 1 is 1.04 bits per heavy atom. The Balaban J connectivity index is 1.81. The molecule has 4 rings (SSSR count). The maximum atomic E-state index is 12.5. The molecule has 112 valence electrons. The maximum absolute atomic E-state index is 12.5. The van der Waals surface area contributed by atoms with Crippen LogP contribution in [0, 0.1) is 0 Å². The standard InChI is InChI=1S/C19H11BrO3/c20-15-9-11(5-8-16(15)21)10-17-18(22)14-7-6-12-3-1-2-4-13(12)19(14)23-17/h1-10,21H. The highest BCUT2D eigenvalue weighted by Crippen LogP contribution is 2.38. The molecule has 0 fully saturated rings. The average molecular weight is 367 g/mol. The normalized spacial score (nSPS) is 15.0. The largest absolute Gasteiger partial charge is 0.507 e. The molecule has 1 aliphatic rings. The monoisotopic (exact) mass is 366 g/mol. The number of aromatic hydroxyl groups is 1. The van der Waals surface area contributed by atoms with Gasteiger partial charge in [0.1, 0.15) is 11.5 Å². The van der Waals surface area contributed by atoms with Crippen LogP contribution in [0.1, 0.15) is 15.9 Å². The topological polar surface area (TPSA) is 46.5 Å². The highest BCUT2D eigenvalue weighted by molar-refractivity contribution is 9.10. The number of hydrogen-bond acceptors (Lipinski definition) is 3. The molecule has 23 heavy (non-hydrogen) atoms. The van der Waals surface area contributed by atoms with Gasteiger partial charge < -0.3 is 9.84 Å². The maximum Gasteiger partial charge on any atom is 0.231 e. The number of carbonyl (C=O) groups is 1. The van der Waals surface area contributed by atoms with Crippen molar-refractivity contribution in [2.75, 3.05) is 0 Å². The lowest BCUT2D eigenvalue weighted by molar-refractivity contribution is 0.101. The first-order chi connectivity index (χ1) is 11.1. The molecule has 0 radical (unpaired) electrons. The molecule has 3 aromatic rings. The number of allylic oxidation sites excluding steroid dienone is 1. The number of benzene rings is 3. The van der Waals surface area contributed by atoms with E-state index in [1.165, 1.54) is 0 Å². The third-order valence-electron chi connectivity index (χ3n) is 3.83. The Kier molecular flexibility index (Phi) is 3.20. The molecule has 0 aromatic heterocycles. The summed E-state index contributed by atoms with van der Waals surface area (Å²) in [6, 6.07) is 16.6. The SMILES string of the molecule is O=C1C(=Cc2ccc(O)c(Br)c2)Oc2c1ccc1ccccc21. The van der Waals surface area contributed by atoms with Crippen LogP contribution in [0.2, 0.25) is 0 Å². The van der Waals surface area contributed by atoms with Gasteiger partial charge in [-0.25, -0.2) is 0 Å². The molecule has 1 N–H and O–H groups in total. The van der Waals surface area contributed by atoms with Crippen LogP contribution in [0.3, 0.4) is 0 Å². The summed E-state index contributed by atoms with van der Waals surface area (Å²) in [5.74, 6) is 0.918. The lowest BCUT2D eigenvalue weighted by Crippen LogP contribution is -1.97. The van der Waals surface area contributed by atoms with Crippen LogP contribution in [-0.2, 0) is 0 Å². The van der Waals surface area contributed by atoms with E-state index in [1.807, 2.05) is 30.3 Å². The molecule has 0 saturated heterocycles. The number of phenolic OH excluding ortho intramolecular Hbond substituents is 1. The second kappa shape index (κ2) is 5.25. The second-order valence-corrected chi connectivity index (χ2v) is 6.17. The third kappa shape index (κ3) is 2.32. The van der Waals surface area contributed by atoms with Crippen LogP contribution in [0.4, 0.5) is 0 Å². The Hall–Kier alpha value is -2.59. The van der Waals surface area contributed by atoms with Crippen LogP contribution < -0.4 is 4.74 Å². The van der Waals surface area contributed by atoms with Crippen LogP contribution >= 0.6 is 15.9 Å². The number of halogens is 1. The number of phenols is 1. The van der Waals surface area contributed by atoms with Crippen LogP contribution in [-0.4, -0.2) is 10.9 Å². The molecule has 3 aromatic carbocycles. The molecule has 0 unspecified atom stereocenters. The lowest BCUT2D eigenvalue weighted by atomic mass is 10.0. The average Bonchev–Trinajstić information content (AvgIpc) is 2.88. The van der Waals surface area contributed by atoms with Crippen molar-refractivity contribution >= 4 is 38.6 Å². The summed E-state index contributed by atoms with van der Waals surface area (Å²) in [4.78, 5) is 12.5. The van der Waals surface area contributed by atoms with Crippen LogP contribution in [0.15, 0.2) is 64.8 Å². The fourth-order valence-electron chi connectivity index (χ4n) is 2.68. The van der Waals surface area contributed by atoms with Crippen molar-refractivity contribution in [3.05, 3.63) is 76.0 Å². The Morgan fingerprint density at radius 2 is 1.87 bits per heavy atom. The van der Waals surface area contributed by atoms with Crippen LogP contribution in [0.5, 0.6) is 11.5 Å². The second-order valence-electron chi connectivity index (χ2n) is 5.31. The lowest BCUT2D eigenvalue weighted by Gasteiger charge is -2.03. The molecule has 0 aliphatic carbocycles. The van der Waals surface area contributed by atoms with E-state index in [2.05, 4.69) is 15.9 Å². The van der Waals surface area contributed by atoms with Gasteiger partial charge in [0, 0.05) is 5.39 Å². The number of rotatable bonds is 1. The van der Waals surface area contributed by atoms with Gasteiger partial charge in [0.05, 0.1) is 10.0 Å². The van der Waals surface area contributed by atoms with Gasteiger partial charge in [0.25, 0.3) is 0 Å². The van der Waals surface area contributed by atoms with Crippen molar-refractivity contribution in [3.8, 4) is 11.5 Å². The van der Waals surface area contributed by atoms with E-state index in [-0.39, 0.29) is 17.3 Å². The summed E-state index contributed by atoms with van der Waals surface area (Å²) in [5, 5.41) is 11.5. The highest BCUT2D eigenvalue weighted by atomic mass is 79.9. The Labute approximate surface area is 141 Å². The van der Waals surface area contributed by atoms with Gasteiger partial charge >= 0.3 is 0 Å². The van der Waals surface area contributed by atoms with Gasteiger partial charge in [0.2, 0.25) is 5.78 Å². The molecular weight excluding hydrogens is 356 g/mol. The van der Waals surface area contributed by atoms with Gasteiger partial charge in [-0.1, -0.05) is 36.4 Å². The zero-order chi connectivity index (χ0) is 16.0. The molecule has 0 spiro atoms. The zero-order valence-corrected chi connectivity index (χ0v) is 13.5. The van der Waals surface area contributed by atoms with Crippen LogP contribution in [0.25, 0.3) is 16.8 Å². The van der Waals surface area contributed by atoms with E-state index in [1.54, 1.807) is 30.3 Å². The van der Waals surface area contributed by atoms with Crippen molar-refractivity contribution in [3.63, 3.8) is 0 Å². The minimum absolute atomic E-state index is 0.130. The number of ketones is 1. The van der Waals surface area contributed by atoms with E-state index in [4.69, 9.17) is 4.74 Å². The van der Waals surface area contributed by atoms with E-state index in [0.717, 1.165) is 16.3 Å². The summed E-state index contributed by atoms with van der Waals surface area (Å²) < 4.78 is 6.41. The van der Waals surface area contributed by atoms with Gasteiger partial charge in [-0.15, -0.1) is 0 Å². The highest BCUT2D eigenvalue weighted by Gasteiger charge is 2.28. The molecular formula is C19H11BrO3. The number of fused-ring (bicyclic) bond motifs is 3. The summed E-state index contributed by atoms with van der Waals surface area (Å²) in [6.07, 6.45) is 1.68. The van der Waals surface area contributed by atoms with Crippen molar-refractivity contribution in [1.82, 2.24) is 0 Å². The summed E-state index contributed by atoms with van der Waals surface area (Å²) in [7, 11) is 0. The van der Waals surface area contributed by atoms with Gasteiger partial charge in [-0.2, -0.15) is 0 Å². The fraction of sp³-hybridized carbons (Fsp3) is 0. The van der Waals surface area contributed by atoms with Gasteiger partial charge in [-0.3, -0.25) is 4.79 Å². The molecule has 1 heterocycles. The Bertz CT molecular complexity index is 989. The third-order valence-corrected chi connectivity index (χ3v) is 4.46. The number of hydrogen-bond donors (Lipinski definition) is 1. The van der Waals surface area contributed by atoms with E-state index in [0.29, 0.717) is 15.8 Å². The van der Waals surface area contributed by atoms with Crippen molar-refractivity contribution in [2.45, 2.75) is 0 Å². The first kappa shape index (κ1) is 14.0. The van der Waals surface area contributed by atoms with Gasteiger partial charge in [0.15, 0.2) is 5.76 Å². The molecule has 0 amide bonds. The molecule has 0 atom stereocenters. The summed E-state index contributed by atoms with van der Waals surface area (Å²) in [5.41, 5.74) is 1.35. The molecule has 3 nitrogen and oxygen atoms in total. The molecule has 0 bridgehead atoms. The molecule has 0 saturated carbocycles. The first-order valence-corrected chi connectivity index (χ1v) is 7.87. The van der Waals surface area contributed by atoms with Crippen molar-refractivity contribution in [1.29, 1.82) is 0 Å². The molecule has 4 heteroatoms. The van der Waals surface area contributed by atoms with Gasteiger partial charge in [-0.05, 0) is 51.2 Å². The van der Waals surface area contributed by atoms with E-state index < -0.39 is 0 Å². The predicted molar refractivity (Wildman–Crippen MR) is 92.7 cm³/mol. The van der Waals surface area contributed by atoms with E-state index in [9.17, 15) is 9.90 Å². The molecule has 1 aliphatic heterocycles. The quantitative estimate of drug-likeness (QED) is 0.621.